The van der Waals surface area contributed by atoms with Crippen LogP contribution in [0.1, 0.15) is 84.6 Å². The Morgan fingerprint density at radius 1 is 0.964 bits per heavy atom. The van der Waals surface area contributed by atoms with Crippen molar-refractivity contribution in [3.8, 4) is 0 Å². The van der Waals surface area contributed by atoms with E-state index in [-0.39, 0.29) is 5.97 Å². The maximum Gasteiger partial charge on any atom is 0.316 e. The highest BCUT2D eigenvalue weighted by Gasteiger charge is 2.23. The van der Waals surface area contributed by atoms with Gasteiger partial charge >= 0.3 is 5.97 Å². The summed E-state index contributed by atoms with van der Waals surface area (Å²) in [5, 5.41) is 0. The predicted molar refractivity (Wildman–Crippen MR) is 121 cm³/mol. The van der Waals surface area contributed by atoms with Gasteiger partial charge in [0.1, 0.15) is 5.76 Å². The van der Waals surface area contributed by atoms with Crippen molar-refractivity contribution in [1.82, 2.24) is 0 Å². The normalized spacial score (nSPS) is 12.8. The molecule has 1 aromatic carbocycles. The highest BCUT2D eigenvalue weighted by Crippen LogP contribution is 2.18. The first-order valence-electron chi connectivity index (χ1n) is 10.8. The van der Waals surface area contributed by atoms with Gasteiger partial charge in [0.15, 0.2) is 0 Å². The first-order valence-corrected chi connectivity index (χ1v) is 10.8. The number of carbonyl (C=O) groups excluding carboxylic acids is 1. The molecule has 0 saturated carbocycles. The van der Waals surface area contributed by atoms with Crippen molar-refractivity contribution >= 4 is 12.0 Å². The lowest BCUT2D eigenvalue weighted by Gasteiger charge is -2.16. The second kappa shape index (κ2) is 14.0. The number of carbonyl (C=O) groups is 1. The van der Waals surface area contributed by atoms with Crippen LogP contribution in [0.4, 0.5) is 0 Å². The number of esters is 1. The molecule has 0 spiro atoms. The molecule has 0 aliphatic rings. The lowest BCUT2D eigenvalue weighted by atomic mass is 9.97. The van der Waals surface area contributed by atoms with E-state index < -0.39 is 5.41 Å². The van der Waals surface area contributed by atoms with Crippen molar-refractivity contribution in [3.63, 3.8) is 0 Å². The highest BCUT2D eigenvalue weighted by molar-refractivity contribution is 5.76. The molecule has 0 unspecified atom stereocenters. The molecule has 0 aliphatic heterocycles. The Morgan fingerprint density at radius 3 is 2.25 bits per heavy atom. The van der Waals surface area contributed by atoms with Gasteiger partial charge in [-0.25, -0.2) is 0 Å². The van der Waals surface area contributed by atoms with Crippen molar-refractivity contribution in [2.24, 2.45) is 5.41 Å². The van der Waals surface area contributed by atoms with Gasteiger partial charge in [-0.15, -0.1) is 0 Å². The fourth-order valence-corrected chi connectivity index (χ4v) is 2.62. The Bertz CT molecular complexity index is 630. The van der Waals surface area contributed by atoms with E-state index in [1.165, 1.54) is 44.9 Å². The van der Waals surface area contributed by atoms with Crippen molar-refractivity contribution < 1.29 is 9.53 Å². The average molecular weight is 383 g/mol. The van der Waals surface area contributed by atoms with Crippen molar-refractivity contribution in [1.29, 1.82) is 0 Å². The minimum Gasteiger partial charge on any atom is -0.426 e. The second-order valence-electron chi connectivity index (χ2n) is 8.29. The molecule has 0 fully saturated rings. The zero-order valence-corrected chi connectivity index (χ0v) is 18.2. The van der Waals surface area contributed by atoms with E-state index in [1.54, 1.807) is 0 Å². The summed E-state index contributed by atoms with van der Waals surface area (Å²) in [4.78, 5) is 12.2. The molecular weight excluding hydrogens is 344 g/mol. The molecule has 1 rings (SSSR count). The summed E-state index contributed by atoms with van der Waals surface area (Å²) in [7, 11) is 0. The van der Waals surface area contributed by atoms with Crippen LogP contribution in [0, 0.1) is 5.41 Å². The first-order chi connectivity index (χ1) is 13.4. The van der Waals surface area contributed by atoms with Crippen LogP contribution < -0.4 is 0 Å². The summed E-state index contributed by atoms with van der Waals surface area (Å²) in [6.45, 7) is 7.86. The number of unbranched alkanes of at least 4 members (excludes halogenated alkanes) is 7. The van der Waals surface area contributed by atoms with Gasteiger partial charge in [0.2, 0.25) is 0 Å². The van der Waals surface area contributed by atoms with E-state index in [2.05, 4.69) is 13.0 Å². The molecule has 0 atom stereocenters. The number of allylic oxidation sites excluding steroid dienone is 4. The molecule has 0 heterocycles. The molecule has 2 heteroatoms. The summed E-state index contributed by atoms with van der Waals surface area (Å²) in [5.74, 6) is 0.377. The van der Waals surface area contributed by atoms with Gasteiger partial charge in [-0.05, 0) is 51.3 Å². The van der Waals surface area contributed by atoms with Gasteiger partial charge in [-0.2, -0.15) is 0 Å². The van der Waals surface area contributed by atoms with Gasteiger partial charge in [0, 0.05) is 0 Å². The Morgan fingerprint density at radius 2 is 1.61 bits per heavy atom. The summed E-state index contributed by atoms with van der Waals surface area (Å²) in [5.41, 5.74) is 0.599. The van der Waals surface area contributed by atoms with E-state index in [0.717, 1.165) is 12.0 Å². The monoisotopic (exact) mass is 382 g/mol. The predicted octanol–water partition coefficient (Wildman–Crippen LogP) is 7.87. The van der Waals surface area contributed by atoms with Crippen molar-refractivity contribution in [2.45, 2.75) is 79.1 Å². The van der Waals surface area contributed by atoms with Crippen LogP contribution in [0.2, 0.25) is 0 Å². The number of hydrogen-bond donors (Lipinski definition) is 0. The lowest BCUT2D eigenvalue weighted by molar-refractivity contribution is -0.147. The van der Waals surface area contributed by atoms with E-state index in [0.29, 0.717) is 5.76 Å². The third kappa shape index (κ3) is 11.6. The zero-order valence-electron chi connectivity index (χ0n) is 18.2. The van der Waals surface area contributed by atoms with Gasteiger partial charge in [-0.3, -0.25) is 4.79 Å². The minimum atomic E-state index is -0.519. The highest BCUT2D eigenvalue weighted by atomic mass is 16.5. The van der Waals surface area contributed by atoms with Crippen LogP contribution in [0.15, 0.2) is 60.4 Å². The molecule has 28 heavy (non-hydrogen) atoms. The van der Waals surface area contributed by atoms with Crippen molar-refractivity contribution in [3.05, 3.63) is 66.0 Å². The fourth-order valence-electron chi connectivity index (χ4n) is 2.62. The Kier molecular flexibility index (Phi) is 12.0. The van der Waals surface area contributed by atoms with Gasteiger partial charge in [0.25, 0.3) is 0 Å². The summed E-state index contributed by atoms with van der Waals surface area (Å²) >= 11 is 0. The van der Waals surface area contributed by atoms with Crippen LogP contribution in [0.5, 0.6) is 0 Å². The molecule has 0 aliphatic carbocycles. The molecule has 0 N–H and O–H groups in total. The summed E-state index contributed by atoms with van der Waals surface area (Å²) in [6, 6.07) is 10.1. The smallest absolute Gasteiger partial charge is 0.316 e. The summed E-state index contributed by atoms with van der Waals surface area (Å²) < 4.78 is 5.61. The largest absolute Gasteiger partial charge is 0.426 e. The molecule has 0 amide bonds. The van der Waals surface area contributed by atoms with Crippen molar-refractivity contribution in [2.75, 3.05) is 0 Å². The van der Waals surface area contributed by atoms with Crippen LogP contribution in [0.3, 0.4) is 0 Å². The third-order valence-corrected chi connectivity index (χ3v) is 4.43. The molecule has 0 bridgehead atoms. The zero-order chi connectivity index (χ0) is 20.7. The van der Waals surface area contributed by atoms with E-state index in [1.807, 2.05) is 75.4 Å². The van der Waals surface area contributed by atoms with E-state index >= 15 is 0 Å². The minimum absolute atomic E-state index is 0.215. The molecule has 0 saturated heterocycles. The lowest BCUT2D eigenvalue weighted by Crippen LogP contribution is -2.22. The Hall–Kier alpha value is -2.09. The van der Waals surface area contributed by atoms with Gasteiger partial charge in [-0.1, -0.05) is 94.0 Å². The van der Waals surface area contributed by atoms with Crippen LogP contribution in [-0.2, 0) is 9.53 Å². The Balaban J connectivity index is 2.56. The molecular formula is C26H38O2. The summed E-state index contributed by atoms with van der Waals surface area (Å²) in [6.07, 6.45) is 20.0. The topological polar surface area (TPSA) is 26.3 Å². The fraction of sp³-hybridized carbons (Fsp3) is 0.500. The van der Waals surface area contributed by atoms with E-state index in [9.17, 15) is 4.79 Å². The number of benzene rings is 1. The van der Waals surface area contributed by atoms with Crippen LogP contribution >= 0.6 is 0 Å². The quantitative estimate of drug-likeness (QED) is 0.159. The van der Waals surface area contributed by atoms with Gasteiger partial charge in [0.05, 0.1) is 5.41 Å². The van der Waals surface area contributed by atoms with Crippen LogP contribution in [0.25, 0.3) is 6.08 Å². The average Bonchev–Trinajstić information content (AvgIpc) is 2.66. The molecule has 0 radical (unpaired) electrons. The Labute approximate surface area is 172 Å². The SMILES string of the molecule is CCCCCCCCC/C=C/C(=C/C=C/c1ccccc1)OC(=O)C(C)(C)C. The standard InChI is InChI=1S/C26H38O2/c1-5-6-7-8-9-10-11-12-16-21-24(28-25(27)26(2,3)4)22-17-20-23-18-14-13-15-19-23/h13-22H,5-12H2,1-4H3/b20-17+,21-16+,24-22-. The first kappa shape index (κ1) is 23.9. The maximum atomic E-state index is 12.2. The molecule has 154 valence electrons. The van der Waals surface area contributed by atoms with Crippen LogP contribution in [-0.4, -0.2) is 5.97 Å². The second-order valence-corrected chi connectivity index (χ2v) is 8.29. The number of ether oxygens (including phenoxy) is 1. The van der Waals surface area contributed by atoms with E-state index in [4.69, 9.17) is 4.74 Å². The van der Waals surface area contributed by atoms with Gasteiger partial charge < -0.3 is 4.74 Å². The molecule has 0 aromatic heterocycles. The molecule has 1 aromatic rings. The number of hydrogen-bond acceptors (Lipinski definition) is 2. The third-order valence-electron chi connectivity index (χ3n) is 4.43. The maximum absolute atomic E-state index is 12.2. The number of rotatable bonds is 12. The molecule has 2 nitrogen and oxygen atoms in total.